The number of benzene rings is 1. The molecule has 1 aromatic carbocycles. The van der Waals surface area contributed by atoms with Gasteiger partial charge in [0.25, 0.3) is 0 Å². The van der Waals surface area contributed by atoms with Crippen molar-refractivity contribution < 1.29 is 14.4 Å². The number of amides is 2. The van der Waals surface area contributed by atoms with Gasteiger partial charge in [0, 0.05) is 57.7 Å². The molecule has 1 aliphatic carbocycles. The molecule has 1 aromatic rings. The highest BCUT2D eigenvalue weighted by atomic mass is 16.2. The molecule has 29 heavy (non-hydrogen) atoms. The molecule has 2 fully saturated rings. The number of nitrogens with zero attached hydrogens (tertiary/aromatic N) is 3. The quantitative estimate of drug-likeness (QED) is 0.688. The Balaban J connectivity index is 1.20. The molecule has 2 heterocycles. The average molecular weight is 398 g/mol. The van der Waals surface area contributed by atoms with Crippen LogP contribution in [0.15, 0.2) is 18.2 Å². The van der Waals surface area contributed by atoms with Crippen molar-refractivity contribution in [1.29, 1.82) is 0 Å². The van der Waals surface area contributed by atoms with E-state index >= 15 is 0 Å². The number of piperazine rings is 1. The highest BCUT2D eigenvalue weighted by Crippen LogP contribution is 2.23. The lowest BCUT2D eigenvalue weighted by molar-refractivity contribution is -0.134. The fourth-order valence-corrected chi connectivity index (χ4v) is 4.68. The summed E-state index contributed by atoms with van der Waals surface area (Å²) in [4.78, 5) is 43.3. The molecule has 6 nitrogen and oxygen atoms in total. The van der Waals surface area contributed by atoms with Crippen LogP contribution in [0, 0.1) is 0 Å². The van der Waals surface area contributed by atoms with Gasteiger partial charge in [-0.15, -0.1) is 0 Å². The van der Waals surface area contributed by atoms with Gasteiger partial charge in [-0.2, -0.15) is 0 Å². The van der Waals surface area contributed by atoms with Gasteiger partial charge in [-0.05, 0) is 49.3 Å². The van der Waals surface area contributed by atoms with Crippen molar-refractivity contribution in [2.24, 2.45) is 0 Å². The lowest BCUT2D eigenvalue weighted by atomic mass is 10.0. The van der Waals surface area contributed by atoms with Crippen LogP contribution >= 0.6 is 0 Å². The lowest BCUT2D eigenvalue weighted by Gasteiger charge is -2.35. The Morgan fingerprint density at radius 2 is 1.41 bits per heavy atom. The van der Waals surface area contributed by atoms with Crippen LogP contribution in [0.5, 0.6) is 0 Å². The number of fused-ring (bicyclic) bond motifs is 1. The van der Waals surface area contributed by atoms with Crippen LogP contribution in [0.4, 0.5) is 0 Å². The SMILES string of the molecule is O=C(CCC(=O)N1CCN(CC(=O)N2CCCC2)CC1)c1ccc2c(c1)CCC2. The van der Waals surface area contributed by atoms with Crippen molar-refractivity contribution in [1.82, 2.24) is 14.7 Å². The predicted molar refractivity (Wildman–Crippen MR) is 111 cm³/mol. The standard InChI is InChI=1S/C23H31N3O3/c27-21(20-7-6-18-4-3-5-19(18)16-20)8-9-22(28)26-14-12-24(13-15-26)17-23(29)25-10-1-2-11-25/h6-7,16H,1-5,8-15,17H2. The lowest BCUT2D eigenvalue weighted by Crippen LogP contribution is -2.51. The monoisotopic (exact) mass is 397 g/mol. The molecule has 0 aromatic heterocycles. The van der Waals surface area contributed by atoms with Crippen molar-refractivity contribution in [3.63, 3.8) is 0 Å². The zero-order valence-corrected chi connectivity index (χ0v) is 17.2. The first-order valence-corrected chi connectivity index (χ1v) is 11.0. The summed E-state index contributed by atoms with van der Waals surface area (Å²) in [6.07, 6.45) is 6.09. The number of hydrogen-bond donors (Lipinski definition) is 0. The second-order valence-corrected chi connectivity index (χ2v) is 8.51. The first-order valence-electron chi connectivity index (χ1n) is 11.0. The van der Waals surface area contributed by atoms with Crippen LogP contribution in [-0.4, -0.2) is 78.1 Å². The van der Waals surface area contributed by atoms with E-state index in [1.807, 2.05) is 21.9 Å². The highest BCUT2D eigenvalue weighted by molar-refractivity contribution is 5.98. The van der Waals surface area contributed by atoms with Crippen molar-refractivity contribution in [2.45, 2.75) is 44.9 Å². The molecule has 2 aliphatic heterocycles. The minimum absolute atomic E-state index is 0.0463. The molecular weight excluding hydrogens is 366 g/mol. The second-order valence-electron chi connectivity index (χ2n) is 8.51. The van der Waals surface area contributed by atoms with E-state index in [0.717, 1.165) is 57.4 Å². The maximum atomic E-state index is 12.5. The van der Waals surface area contributed by atoms with E-state index in [9.17, 15) is 14.4 Å². The van der Waals surface area contributed by atoms with Gasteiger partial charge in [-0.25, -0.2) is 0 Å². The summed E-state index contributed by atoms with van der Waals surface area (Å²) < 4.78 is 0. The molecule has 2 amide bonds. The number of aryl methyl sites for hydroxylation is 2. The Morgan fingerprint density at radius 1 is 0.724 bits per heavy atom. The average Bonchev–Trinajstić information content (AvgIpc) is 3.43. The van der Waals surface area contributed by atoms with Crippen LogP contribution in [0.1, 0.15) is 53.6 Å². The molecule has 0 bridgehead atoms. The van der Waals surface area contributed by atoms with Gasteiger partial charge in [0.15, 0.2) is 5.78 Å². The molecule has 2 saturated heterocycles. The Morgan fingerprint density at radius 3 is 2.17 bits per heavy atom. The molecule has 0 spiro atoms. The Bertz CT molecular complexity index is 778. The molecule has 0 unspecified atom stereocenters. The van der Waals surface area contributed by atoms with Crippen molar-refractivity contribution >= 4 is 17.6 Å². The smallest absolute Gasteiger partial charge is 0.236 e. The van der Waals surface area contributed by atoms with Gasteiger partial charge in [0.1, 0.15) is 0 Å². The largest absolute Gasteiger partial charge is 0.342 e. The molecule has 0 atom stereocenters. The van der Waals surface area contributed by atoms with Gasteiger partial charge in [0.2, 0.25) is 11.8 Å². The number of hydrogen-bond acceptors (Lipinski definition) is 4. The van der Waals surface area contributed by atoms with Crippen LogP contribution in [0.2, 0.25) is 0 Å². The second kappa shape index (κ2) is 9.08. The molecule has 6 heteroatoms. The summed E-state index contributed by atoms with van der Waals surface area (Å²) in [5.41, 5.74) is 3.39. The predicted octanol–water partition coefficient (Wildman–Crippen LogP) is 1.90. The van der Waals surface area contributed by atoms with Gasteiger partial charge < -0.3 is 9.80 Å². The van der Waals surface area contributed by atoms with Crippen LogP contribution < -0.4 is 0 Å². The fourth-order valence-electron chi connectivity index (χ4n) is 4.68. The highest BCUT2D eigenvalue weighted by Gasteiger charge is 2.25. The van der Waals surface area contributed by atoms with E-state index in [1.165, 1.54) is 17.5 Å². The summed E-state index contributed by atoms with van der Waals surface area (Å²) in [6.45, 7) is 4.95. The number of rotatable bonds is 6. The fraction of sp³-hybridized carbons (Fsp3) is 0.609. The number of carbonyl (C=O) groups excluding carboxylic acids is 3. The van der Waals surface area contributed by atoms with Crippen LogP contribution in [0.3, 0.4) is 0 Å². The summed E-state index contributed by atoms with van der Waals surface area (Å²) >= 11 is 0. The summed E-state index contributed by atoms with van der Waals surface area (Å²) in [6, 6.07) is 6.00. The van der Waals surface area contributed by atoms with Gasteiger partial charge >= 0.3 is 0 Å². The molecule has 3 aliphatic rings. The van der Waals surface area contributed by atoms with Gasteiger partial charge in [-0.3, -0.25) is 19.3 Å². The third kappa shape index (κ3) is 4.86. The van der Waals surface area contributed by atoms with E-state index in [0.29, 0.717) is 19.6 Å². The minimum Gasteiger partial charge on any atom is -0.342 e. The third-order valence-corrected chi connectivity index (χ3v) is 6.53. The zero-order valence-electron chi connectivity index (χ0n) is 17.2. The molecule has 0 radical (unpaired) electrons. The minimum atomic E-state index is 0.0463. The summed E-state index contributed by atoms with van der Waals surface area (Å²) in [5, 5.41) is 0. The first kappa shape index (κ1) is 20.1. The molecular formula is C23H31N3O3. The van der Waals surface area contributed by atoms with Crippen LogP contribution in [-0.2, 0) is 22.4 Å². The Labute approximate surface area is 172 Å². The molecule has 156 valence electrons. The Hall–Kier alpha value is -2.21. The number of Topliss-reactive ketones (excluding diaryl/α,β-unsaturated/α-hetero) is 1. The number of ketones is 1. The topological polar surface area (TPSA) is 60.9 Å². The molecule has 0 saturated carbocycles. The van der Waals surface area contributed by atoms with E-state index in [1.54, 1.807) is 0 Å². The first-order chi connectivity index (χ1) is 14.1. The van der Waals surface area contributed by atoms with E-state index < -0.39 is 0 Å². The third-order valence-electron chi connectivity index (χ3n) is 6.53. The van der Waals surface area contributed by atoms with Crippen molar-refractivity contribution in [2.75, 3.05) is 45.8 Å². The zero-order chi connectivity index (χ0) is 20.2. The normalized spacial score (nSPS) is 19.4. The summed E-state index contributed by atoms with van der Waals surface area (Å²) in [5.74, 6) is 0.315. The maximum Gasteiger partial charge on any atom is 0.236 e. The molecule has 4 rings (SSSR count). The van der Waals surface area contributed by atoms with Gasteiger partial charge in [0.05, 0.1) is 6.54 Å². The van der Waals surface area contributed by atoms with Crippen molar-refractivity contribution in [3.05, 3.63) is 34.9 Å². The van der Waals surface area contributed by atoms with E-state index in [-0.39, 0.29) is 30.4 Å². The van der Waals surface area contributed by atoms with Crippen LogP contribution in [0.25, 0.3) is 0 Å². The number of likely N-dealkylation sites (tertiary alicyclic amines) is 1. The van der Waals surface area contributed by atoms with Gasteiger partial charge in [-0.1, -0.05) is 12.1 Å². The molecule has 0 N–H and O–H groups in total. The number of carbonyl (C=O) groups is 3. The summed E-state index contributed by atoms with van der Waals surface area (Å²) in [7, 11) is 0. The van der Waals surface area contributed by atoms with E-state index in [4.69, 9.17) is 0 Å². The Kier molecular flexibility index (Phi) is 6.28. The van der Waals surface area contributed by atoms with E-state index in [2.05, 4.69) is 11.0 Å². The van der Waals surface area contributed by atoms with Crippen molar-refractivity contribution in [3.8, 4) is 0 Å². The maximum absolute atomic E-state index is 12.5.